The summed E-state index contributed by atoms with van der Waals surface area (Å²) < 4.78 is 41.1. The van der Waals surface area contributed by atoms with Gasteiger partial charge in [-0.05, 0) is 55.8 Å². The molecule has 0 saturated heterocycles. The number of carbonyl (C=O) groups excluding carboxylic acids is 1. The lowest BCUT2D eigenvalue weighted by molar-refractivity contribution is -0.137. The van der Waals surface area contributed by atoms with Crippen LogP contribution in [0.4, 0.5) is 24.0 Å². The summed E-state index contributed by atoms with van der Waals surface area (Å²) in [6.07, 6.45) is 1.22. The minimum atomic E-state index is -4.46. The van der Waals surface area contributed by atoms with Crippen LogP contribution in [0.15, 0.2) is 71.5 Å². The standard InChI is InChI=1S/C26H23F3N6OS/c1-14-4-3-5-19(22(14)30)33-24(36)16-6-9-18(10-7-16)32-25-34-20(13-37-25)23-15(2)31-21-11-8-17(12-35(21)23)26(27,28)29/h3,5-14H,4,30H2,1-2H3,(H,32,34)(H,33,36). The minimum absolute atomic E-state index is 0.172. The number of thiazole rings is 1. The molecule has 1 unspecified atom stereocenters. The van der Waals surface area contributed by atoms with Gasteiger partial charge < -0.3 is 16.4 Å². The molecule has 1 aliphatic rings. The molecule has 0 aliphatic heterocycles. The summed E-state index contributed by atoms with van der Waals surface area (Å²) in [7, 11) is 0. The molecule has 4 aromatic rings. The van der Waals surface area contributed by atoms with Crippen LogP contribution >= 0.6 is 11.3 Å². The highest BCUT2D eigenvalue weighted by Gasteiger charge is 2.31. The zero-order valence-corrected chi connectivity index (χ0v) is 20.7. The first-order valence-corrected chi connectivity index (χ1v) is 12.3. The topological polar surface area (TPSA) is 97.3 Å². The van der Waals surface area contributed by atoms with Crippen LogP contribution in [0.25, 0.3) is 17.0 Å². The Kier molecular flexibility index (Phi) is 6.24. The largest absolute Gasteiger partial charge is 0.417 e. The van der Waals surface area contributed by atoms with Crippen molar-refractivity contribution in [2.75, 3.05) is 5.32 Å². The summed E-state index contributed by atoms with van der Waals surface area (Å²) in [5, 5.41) is 8.34. The second-order valence-electron chi connectivity index (χ2n) is 8.79. The maximum absolute atomic E-state index is 13.2. The SMILES string of the molecule is Cc1nc2ccc(C(F)(F)F)cn2c1-c1csc(Nc2ccc(C(=O)NC3=C(N)C(C)CC=C3)cc2)n1. The van der Waals surface area contributed by atoms with Gasteiger partial charge in [0.05, 0.1) is 22.6 Å². The van der Waals surface area contributed by atoms with Crippen molar-refractivity contribution in [3.63, 3.8) is 0 Å². The number of allylic oxidation sites excluding steroid dienone is 3. The number of nitrogens with zero attached hydrogens (tertiary/aromatic N) is 3. The van der Waals surface area contributed by atoms with Crippen LogP contribution < -0.4 is 16.4 Å². The van der Waals surface area contributed by atoms with Gasteiger partial charge in [0.2, 0.25) is 0 Å². The lowest BCUT2D eigenvalue weighted by atomic mass is 9.97. The van der Waals surface area contributed by atoms with E-state index in [4.69, 9.17) is 5.73 Å². The van der Waals surface area contributed by atoms with Crippen molar-refractivity contribution >= 4 is 33.7 Å². The number of nitrogens with one attached hydrogen (secondary N) is 2. The van der Waals surface area contributed by atoms with Crippen LogP contribution in [0, 0.1) is 12.8 Å². The monoisotopic (exact) mass is 524 g/mol. The van der Waals surface area contributed by atoms with Gasteiger partial charge in [-0.2, -0.15) is 13.2 Å². The van der Waals surface area contributed by atoms with E-state index in [-0.39, 0.29) is 11.8 Å². The number of anilines is 2. The quantitative estimate of drug-likeness (QED) is 0.296. The van der Waals surface area contributed by atoms with Gasteiger partial charge in [-0.3, -0.25) is 9.20 Å². The molecule has 1 amide bonds. The van der Waals surface area contributed by atoms with E-state index in [9.17, 15) is 18.0 Å². The highest BCUT2D eigenvalue weighted by Crippen LogP contribution is 2.33. The van der Waals surface area contributed by atoms with E-state index in [2.05, 4.69) is 20.6 Å². The van der Waals surface area contributed by atoms with E-state index < -0.39 is 11.7 Å². The number of benzene rings is 1. The number of fused-ring (bicyclic) bond motifs is 1. The molecule has 190 valence electrons. The van der Waals surface area contributed by atoms with Crippen LogP contribution in [-0.2, 0) is 6.18 Å². The number of halogens is 3. The Labute approximate surface area is 214 Å². The number of pyridine rings is 1. The second kappa shape index (κ2) is 9.40. The Hall–Kier alpha value is -4.12. The number of carbonyl (C=O) groups is 1. The number of aromatic nitrogens is 3. The van der Waals surface area contributed by atoms with Gasteiger partial charge in [0.1, 0.15) is 11.3 Å². The average Bonchev–Trinajstić information content (AvgIpc) is 3.44. The zero-order chi connectivity index (χ0) is 26.3. The molecule has 7 nitrogen and oxygen atoms in total. The molecule has 0 saturated carbocycles. The summed E-state index contributed by atoms with van der Waals surface area (Å²) in [5.74, 6) is -0.0906. The molecule has 0 fully saturated rings. The number of hydrogen-bond acceptors (Lipinski definition) is 6. The van der Waals surface area contributed by atoms with Crippen molar-refractivity contribution in [2.45, 2.75) is 26.4 Å². The Balaban J connectivity index is 1.33. The van der Waals surface area contributed by atoms with E-state index in [1.165, 1.54) is 21.8 Å². The van der Waals surface area contributed by atoms with E-state index in [0.29, 0.717) is 50.5 Å². The van der Waals surface area contributed by atoms with Gasteiger partial charge >= 0.3 is 6.18 Å². The van der Waals surface area contributed by atoms with Crippen LogP contribution in [0.3, 0.4) is 0 Å². The van der Waals surface area contributed by atoms with Crippen LogP contribution in [0.5, 0.6) is 0 Å². The van der Waals surface area contributed by atoms with Crippen molar-refractivity contribution in [1.82, 2.24) is 19.7 Å². The number of hydrogen-bond donors (Lipinski definition) is 3. The van der Waals surface area contributed by atoms with Crippen LogP contribution in [0.1, 0.15) is 35.0 Å². The molecule has 3 aromatic heterocycles. The van der Waals surface area contributed by atoms with Gasteiger partial charge in [-0.25, -0.2) is 9.97 Å². The molecule has 11 heteroatoms. The van der Waals surface area contributed by atoms with Crippen molar-refractivity contribution in [3.05, 3.63) is 88.3 Å². The lowest BCUT2D eigenvalue weighted by Crippen LogP contribution is -2.28. The predicted octanol–water partition coefficient (Wildman–Crippen LogP) is 6.02. The normalized spacial score (nSPS) is 15.9. The zero-order valence-electron chi connectivity index (χ0n) is 19.9. The number of imidazole rings is 1. The van der Waals surface area contributed by atoms with Crippen LogP contribution in [-0.4, -0.2) is 20.3 Å². The molecule has 1 aromatic carbocycles. The van der Waals surface area contributed by atoms with Crippen molar-refractivity contribution in [2.24, 2.45) is 11.7 Å². The minimum Gasteiger partial charge on any atom is -0.400 e. The fourth-order valence-electron chi connectivity index (χ4n) is 4.09. The molecular formula is C26H23F3N6OS. The molecule has 0 bridgehead atoms. The number of aryl methyl sites for hydroxylation is 1. The predicted molar refractivity (Wildman–Crippen MR) is 137 cm³/mol. The van der Waals surface area contributed by atoms with Gasteiger partial charge in [0, 0.05) is 34.4 Å². The van der Waals surface area contributed by atoms with E-state index in [1.807, 2.05) is 19.1 Å². The number of alkyl halides is 3. The van der Waals surface area contributed by atoms with Gasteiger partial charge in [0.25, 0.3) is 5.91 Å². The second-order valence-corrected chi connectivity index (χ2v) is 9.65. The first-order valence-electron chi connectivity index (χ1n) is 11.5. The van der Waals surface area contributed by atoms with E-state index >= 15 is 0 Å². The Bertz CT molecular complexity index is 1550. The van der Waals surface area contributed by atoms with Gasteiger partial charge in [0.15, 0.2) is 5.13 Å². The number of rotatable bonds is 5. The highest BCUT2D eigenvalue weighted by atomic mass is 32.1. The Morgan fingerprint density at radius 1 is 1.16 bits per heavy atom. The molecule has 5 rings (SSSR count). The Morgan fingerprint density at radius 2 is 1.92 bits per heavy atom. The molecule has 3 heterocycles. The fourth-order valence-corrected chi connectivity index (χ4v) is 4.81. The third-order valence-corrected chi connectivity index (χ3v) is 6.89. The summed E-state index contributed by atoms with van der Waals surface area (Å²) >= 11 is 1.31. The smallest absolute Gasteiger partial charge is 0.400 e. The lowest BCUT2D eigenvalue weighted by Gasteiger charge is -2.19. The first kappa shape index (κ1) is 24.6. The van der Waals surface area contributed by atoms with Gasteiger partial charge in [-0.15, -0.1) is 11.3 Å². The first-order chi connectivity index (χ1) is 17.6. The summed E-state index contributed by atoms with van der Waals surface area (Å²) in [4.78, 5) is 21.6. The van der Waals surface area contributed by atoms with Gasteiger partial charge in [-0.1, -0.05) is 13.0 Å². The van der Waals surface area contributed by atoms with Crippen molar-refractivity contribution in [3.8, 4) is 11.4 Å². The third-order valence-electron chi connectivity index (χ3n) is 6.13. The number of amides is 1. The number of nitrogens with two attached hydrogens (primary N) is 1. The molecule has 1 atom stereocenters. The maximum Gasteiger partial charge on any atom is 0.417 e. The van der Waals surface area contributed by atoms with Crippen molar-refractivity contribution in [1.29, 1.82) is 0 Å². The Morgan fingerprint density at radius 3 is 2.65 bits per heavy atom. The third kappa shape index (κ3) is 4.94. The molecule has 1 aliphatic carbocycles. The van der Waals surface area contributed by atoms with E-state index in [1.54, 1.807) is 36.6 Å². The molecule has 37 heavy (non-hydrogen) atoms. The fraction of sp³-hybridized carbons (Fsp3) is 0.192. The molecule has 0 spiro atoms. The summed E-state index contributed by atoms with van der Waals surface area (Å²) in [6, 6.07) is 9.24. The molecule has 4 N–H and O–H groups in total. The summed E-state index contributed by atoms with van der Waals surface area (Å²) in [6.45, 7) is 3.74. The highest BCUT2D eigenvalue weighted by molar-refractivity contribution is 7.14. The van der Waals surface area contributed by atoms with E-state index in [0.717, 1.165) is 18.7 Å². The average molecular weight is 525 g/mol. The van der Waals surface area contributed by atoms with Crippen molar-refractivity contribution < 1.29 is 18.0 Å². The summed E-state index contributed by atoms with van der Waals surface area (Å²) in [5.41, 5.74) is 9.78. The van der Waals surface area contributed by atoms with Crippen LogP contribution in [0.2, 0.25) is 0 Å². The molecular weight excluding hydrogens is 501 g/mol. The molecule has 0 radical (unpaired) electrons. The maximum atomic E-state index is 13.2.